The van der Waals surface area contributed by atoms with Gasteiger partial charge in [0.05, 0.1) is 45.0 Å². The van der Waals surface area contributed by atoms with Gasteiger partial charge in [-0.2, -0.15) is 53.8 Å². The highest BCUT2D eigenvalue weighted by atomic mass is 32.2. The Labute approximate surface area is 358 Å². The quantitative estimate of drug-likeness (QED) is 0.0600. The number of hydrogen-bond acceptors (Lipinski definition) is 22. The molecule has 5 heterocycles. The van der Waals surface area contributed by atoms with Crippen molar-refractivity contribution >= 4 is 82.3 Å². The molecule has 0 spiro atoms. The lowest BCUT2D eigenvalue weighted by molar-refractivity contribution is 0.0676. The smallest absolute Gasteiger partial charge is 0.335 e. The molecule has 2 aromatic carbocycles. The minimum Gasteiger partial charge on any atom is -0.479 e. The van der Waals surface area contributed by atoms with Gasteiger partial charge in [0.25, 0.3) is 23.8 Å². The maximum Gasteiger partial charge on any atom is 0.335 e. The van der Waals surface area contributed by atoms with Crippen LogP contribution >= 0.6 is 23.5 Å². The minimum atomic E-state index is -1.38. The van der Waals surface area contributed by atoms with E-state index in [2.05, 4.69) is 65.8 Å². The lowest BCUT2D eigenvalue weighted by atomic mass is 10.1. The van der Waals surface area contributed by atoms with Crippen LogP contribution in [0, 0.1) is 13.8 Å². The summed E-state index contributed by atoms with van der Waals surface area (Å²) in [5.41, 5.74) is 12.0. The molecule has 63 heavy (non-hydrogen) atoms. The Morgan fingerprint density at radius 3 is 1.19 bits per heavy atom. The molecule has 0 unspecified atom stereocenters. The minimum absolute atomic E-state index is 0.00860. The molecule has 0 radical (unpaired) electrons. The Hall–Kier alpha value is -8.67. The molecule has 7 rings (SSSR count). The molecule has 5 aromatic heterocycles. The number of carboxylic acids is 4. The molecular weight excluding hydrogens is 871 g/mol. The zero-order valence-electron chi connectivity index (χ0n) is 32.4. The van der Waals surface area contributed by atoms with Crippen molar-refractivity contribution in [3.05, 3.63) is 70.0 Å². The number of benzene rings is 2. The number of aromatic nitrogens is 13. The first-order chi connectivity index (χ1) is 30.0. The molecule has 0 bridgehead atoms. The van der Waals surface area contributed by atoms with Gasteiger partial charge in [0.1, 0.15) is 0 Å². The highest BCUT2D eigenvalue weighted by Crippen LogP contribution is 2.34. The fourth-order valence-electron chi connectivity index (χ4n) is 5.53. The first kappa shape index (κ1) is 42.5. The topological polar surface area (TPSA) is 407 Å². The molecule has 0 fully saturated rings. The van der Waals surface area contributed by atoms with Gasteiger partial charge >= 0.3 is 29.9 Å². The van der Waals surface area contributed by atoms with Crippen LogP contribution in [0.25, 0.3) is 23.3 Å². The number of nitrogens with two attached hydrogens (primary N) is 2. The average Bonchev–Trinajstić information content (AvgIpc) is 4.01. The molecule has 28 nitrogen and oxygen atoms in total. The second-order valence-corrected chi connectivity index (χ2v) is 14.0. The van der Waals surface area contributed by atoms with Gasteiger partial charge in [-0.05, 0) is 62.8 Å². The van der Waals surface area contributed by atoms with E-state index in [4.69, 9.17) is 11.5 Å². The fraction of sp³-hybridized carbons (Fsp3) is 0.121. The molecule has 30 heteroatoms. The fourth-order valence-corrected chi connectivity index (χ4v) is 6.20. The molecule has 7 aromatic rings. The first-order valence-corrected chi connectivity index (χ1v) is 19.7. The number of thioether (sulfide) groups is 2. The van der Waals surface area contributed by atoms with Gasteiger partial charge in [-0.25, -0.2) is 19.2 Å². The lowest BCUT2D eigenvalue weighted by Crippen LogP contribution is -2.13. The number of anilines is 2. The Morgan fingerprint density at radius 2 is 0.873 bits per heavy atom. The molecule has 320 valence electrons. The van der Waals surface area contributed by atoms with Crippen molar-refractivity contribution in [2.45, 2.75) is 24.2 Å². The van der Waals surface area contributed by atoms with Crippen LogP contribution in [0.15, 0.2) is 67.2 Å². The van der Waals surface area contributed by atoms with Crippen LogP contribution in [-0.4, -0.2) is 126 Å². The van der Waals surface area contributed by atoms with Crippen molar-refractivity contribution in [1.29, 1.82) is 0 Å². The maximum absolute atomic E-state index is 11.8. The number of aryl methyl sites for hydroxylation is 2. The van der Waals surface area contributed by atoms with Gasteiger partial charge in [-0.1, -0.05) is 23.5 Å². The third-order valence-electron chi connectivity index (χ3n) is 8.40. The van der Waals surface area contributed by atoms with Crippen molar-refractivity contribution in [2.75, 3.05) is 24.0 Å². The number of carbonyl (C=O) groups is 4. The first-order valence-electron chi connectivity index (χ1n) is 17.2. The molecule has 0 aliphatic heterocycles. The third-order valence-corrected chi connectivity index (χ3v) is 9.48. The predicted molar refractivity (Wildman–Crippen MR) is 217 cm³/mol. The number of nitrogens with zero attached hydrogens (tertiary/aromatic N) is 17. The Kier molecular flexibility index (Phi) is 11.3. The van der Waals surface area contributed by atoms with Crippen LogP contribution in [0.5, 0.6) is 6.01 Å². The van der Waals surface area contributed by atoms with Gasteiger partial charge < -0.3 is 37.0 Å². The number of aromatic carboxylic acids is 4. The number of carboxylic acid groups (broad SMARTS) is 4. The summed E-state index contributed by atoms with van der Waals surface area (Å²) in [6.07, 6.45) is 3.35. The van der Waals surface area contributed by atoms with E-state index >= 15 is 0 Å². The molecule has 9 N–H and O–H groups in total. The summed E-state index contributed by atoms with van der Waals surface area (Å²) < 4.78 is 4.24. The average molecular weight is 898 g/mol. The van der Waals surface area contributed by atoms with E-state index in [-0.39, 0.29) is 102 Å². The highest BCUT2D eigenvalue weighted by molar-refractivity contribution is 7.98. The van der Waals surface area contributed by atoms with Crippen LogP contribution in [0.4, 0.5) is 34.9 Å². The van der Waals surface area contributed by atoms with Crippen molar-refractivity contribution < 1.29 is 44.7 Å². The van der Waals surface area contributed by atoms with E-state index in [0.717, 1.165) is 54.4 Å². The van der Waals surface area contributed by atoms with Crippen molar-refractivity contribution in [2.24, 2.45) is 20.5 Å². The largest absolute Gasteiger partial charge is 0.479 e. The van der Waals surface area contributed by atoms with E-state index in [1.807, 2.05) is 0 Å². The number of hydrogen-bond donors (Lipinski definition) is 7. The van der Waals surface area contributed by atoms with Crippen LogP contribution < -0.4 is 11.5 Å². The summed E-state index contributed by atoms with van der Waals surface area (Å²) in [7, 11) is 0. The summed E-state index contributed by atoms with van der Waals surface area (Å²) in [6.45, 7) is 3.05. The molecule has 0 amide bonds. The summed E-state index contributed by atoms with van der Waals surface area (Å²) in [5.74, 6) is -6.86. The predicted octanol–water partition coefficient (Wildman–Crippen LogP) is 3.96. The normalized spacial score (nSPS) is 11.6. The number of azo groups is 2. The zero-order chi connectivity index (χ0) is 45.4. The van der Waals surface area contributed by atoms with Crippen LogP contribution in [-0.2, 0) is 0 Å². The van der Waals surface area contributed by atoms with Gasteiger partial charge in [-0.15, -0.1) is 30.7 Å². The second kappa shape index (κ2) is 16.8. The van der Waals surface area contributed by atoms with Crippen molar-refractivity contribution in [3.63, 3.8) is 0 Å². The van der Waals surface area contributed by atoms with Crippen LogP contribution in [0.2, 0.25) is 0 Å². The Balaban J connectivity index is 1.22. The molecular formula is C33H27N19O9S2. The molecule has 0 saturated carbocycles. The maximum atomic E-state index is 11.8. The van der Waals surface area contributed by atoms with E-state index in [1.54, 1.807) is 12.5 Å². The van der Waals surface area contributed by atoms with Crippen molar-refractivity contribution in [3.8, 4) is 29.3 Å². The molecule has 0 aliphatic carbocycles. The van der Waals surface area contributed by atoms with E-state index in [9.17, 15) is 44.7 Å². The van der Waals surface area contributed by atoms with Gasteiger partial charge in [0.2, 0.25) is 10.3 Å². The zero-order valence-corrected chi connectivity index (χ0v) is 34.0. The van der Waals surface area contributed by atoms with E-state index in [1.165, 1.54) is 38.1 Å². The molecule has 0 atom stereocenters. The summed E-state index contributed by atoms with van der Waals surface area (Å²) >= 11 is 2.25. The SMILES string of the molecule is CSc1nc(N=Nc2c(C)nn(-c3nc(O)nc(-n4nc(C)c(N=Nc5nc(SC)nn5-c5cc(C(=O)O)cc(C(=O)O)c5)c4N)n3)c2N)n(-c2cc(C(=O)O)cc(C(=O)O)c2)n1. The van der Waals surface area contributed by atoms with Gasteiger partial charge in [0, 0.05) is 0 Å². The summed E-state index contributed by atoms with van der Waals surface area (Å²) in [4.78, 5) is 67.8. The van der Waals surface area contributed by atoms with Crippen molar-refractivity contribution in [1.82, 2.24) is 64.0 Å². The molecule has 0 aliphatic rings. The monoisotopic (exact) mass is 897 g/mol. The van der Waals surface area contributed by atoms with Gasteiger partial charge in [0.15, 0.2) is 23.0 Å². The summed E-state index contributed by atoms with van der Waals surface area (Å²) in [5, 5.41) is 83.2. The standard InChI is InChI=1S/C33H27N19O9S2/c1-11-19(41-43-29-39-32(62-3)47-49(29)17-7-13(23(53)54)5-14(8-17)24(55)56)21(34)51(45-11)27-36-28(38-31(61)37-27)52-22(35)20(12(2)46-52)42-44-30-40-33(63-4)48-50(30)18-9-15(25(57)58)6-16(10-18)26(59)60/h5-10H,34-35H2,1-4H3,(H,53,54)(H,55,56)(H,57,58)(H,59,60)(H,36,37,38,61). The second-order valence-electron chi connectivity index (χ2n) is 12.5. The number of rotatable bonds is 14. The Bertz CT molecular complexity index is 2830. The highest BCUT2D eigenvalue weighted by Gasteiger charge is 2.24. The van der Waals surface area contributed by atoms with Crippen LogP contribution in [0.1, 0.15) is 52.8 Å². The Morgan fingerprint density at radius 1 is 0.524 bits per heavy atom. The number of aromatic hydroxyl groups is 1. The van der Waals surface area contributed by atoms with Crippen LogP contribution in [0.3, 0.4) is 0 Å². The number of nitrogen functional groups attached to an aromatic ring is 2. The van der Waals surface area contributed by atoms with E-state index < -0.39 is 29.9 Å². The lowest BCUT2D eigenvalue weighted by Gasteiger charge is -2.07. The van der Waals surface area contributed by atoms with Gasteiger partial charge in [-0.3, -0.25) is 0 Å². The van der Waals surface area contributed by atoms with E-state index in [0.29, 0.717) is 0 Å². The summed E-state index contributed by atoms with van der Waals surface area (Å²) in [6, 6.07) is 5.93. The molecule has 0 saturated heterocycles. The third kappa shape index (κ3) is 8.40.